The van der Waals surface area contributed by atoms with Crippen LogP contribution in [0.4, 0.5) is 0 Å². The van der Waals surface area contributed by atoms with E-state index in [0.29, 0.717) is 0 Å². The molecular weight excluding hydrogens is 94.0 g/mol. The summed E-state index contributed by atoms with van der Waals surface area (Å²) < 4.78 is 4.51. The van der Waals surface area contributed by atoms with Crippen molar-refractivity contribution in [2.45, 2.75) is 6.23 Å². The van der Waals surface area contributed by atoms with Gasteiger partial charge in [-0.05, 0) is 0 Å². The van der Waals surface area contributed by atoms with Crippen molar-refractivity contribution in [1.29, 1.82) is 0 Å². The van der Waals surface area contributed by atoms with Crippen LogP contribution in [0.5, 0.6) is 0 Å². The van der Waals surface area contributed by atoms with Gasteiger partial charge in [-0.15, -0.1) is 0 Å². The Morgan fingerprint density at radius 3 is 2.71 bits per heavy atom. The van der Waals surface area contributed by atoms with E-state index in [-0.39, 0.29) is 5.78 Å². The van der Waals surface area contributed by atoms with Crippen molar-refractivity contribution in [3.05, 3.63) is 12.3 Å². The molecule has 1 aliphatic heterocycles. The van der Waals surface area contributed by atoms with Gasteiger partial charge in [-0.2, -0.15) is 0 Å². The molecule has 38 valence electrons. The van der Waals surface area contributed by atoms with E-state index in [9.17, 15) is 4.79 Å². The van der Waals surface area contributed by atoms with Crippen LogP contribution in [-0.4, -0.2) is 12.0 Å². The van der Waals surface area contributed by atoms with Gasteiger partial charge in [0.2, 0.25) is 12.0 Å². The molecule has 1 atom stereocenters. The fourth-order valence-electron chi connectivity index (χ4n) is 0.353. The first-order valence-corrected chi connectivity index (χ1v) is 1.92. The van der Waals surface area contributed by atoms with Crippen molar-refractivity contribution in [1.82, 2.24) is 0 Å². The van der Waals surface area contributed by atoms with Gasteiger partial charge in [0.15, 0.2) is 0 Å². The summed E-state index contributed by atoms with van der Waals surface area (Å²) in [6.07, 6.45) is 1.87. The SMILES string of the molecule is NC1OC=CC1=O. The molecule has 0 amide bonds. The van der Waals surface area contributed by atoms with Crippen LogP contribution in [0.25, 0.3) is 0 Å². The Morgan fingerprint density at radius 2 is 2.57 bits per heavy atom. The normalized spacial score (nSPS) is 28.1. The molecule has 1 unspecified atom stereocenters. The molecule has 0 aliphatic carbocycles. The molecule has 0 radical (unpaired) electrons. The van der Waals surface area contributed by atoms with Crippen molar-refractivity contribution in [3.63, 3.8) is 0 Å². The largest absolute Gasteiger partial charge is 0.475 e. The van der Waals surface area contributed by atoms with Gasteiger partial charge in [-0.3, -0.25) is 10.5 Å². The van der Waals surface area contributed by atoms with Crippen molar-refractivity contribution in [3.8, 4) is 0 Å². The van der Waals surface area contributed by atoms with Gasteiger partial charge in [0.05, 0.1) is 6.26 Å². The topological polar surface area (TPSA) is 52.3 Å². The first-order valence-electron chi connectivity index (χ1n) is 1.92. The number of carbonyl (C=O) groups excluding carboxylic acids is 1. The average molecular weight is 99.1 g/mol. The van der Waals surface area contributed by atoms with Crippen LogP contribution in [0.3, 0.4) is 0 Å². The van der Waals surface area contributed by atoms with Gasteiger partial charge in [0, 0.05) is 6.08 Å². The van der Waals surface area contributed by atoms with Crippen LogP contribution in [0.1, 0.15) is 0 Å². The van der Waals surface area contributed by atoms with Crippen LogP contribution in [0.2, 0.25) is 0 Å². The van der Waals surface area contributed by atoms with Crippen molar-refractivity contribution in [2.24, 2.45) is 5.73 Å². The maximum atomic E-state index is 10.2. The molecule has 3 nitrogen and oxygen atoms in total. The summed E-state index contributed by atoms with van der Waals surface area (Å²) in [6.45, 7) is 0. The molecule has 0 aromatic rings. The molecule has 2 N–H and O–H groups in total. The molecule has 7 heavy (non-hydrogen) atoms. The maximum absolute atomic E-state index is 10.2. The summed E-state index contributed by atoms with van der Waals surface area (Å²) in [4.78, 5) is 10.2. The monoisotopic (exact) mass is 99.0 g/mol. The Kier molecular flexibility index (Phi) is 0.834. The number of ketones is 1. The minimum Gasteiger partial charge on any atom is -0.475 e. The molecule has 1 rings (SSSR count). The number of nitrogens with two attached hydrogens (primary N) is 1. The molecule has 1 aliphatic rings. The van der Waals surface area contributed by atoms with E-state index >= 15 is 0 Å². The highest BCUT2D eigenvalue weighted by atomic mass is 16.5. The smallest absolute Gasteiger partial charge is 0.214 e. The molecule has 0 bridgehead atoms. The standard InChI is InChI=1S/C4H5NO2/c5-4-3(6)1-2-7-4/h1-2,4H,5H2. The lowest BCUT2D eigenvalue weighted by atomic mass is 10.4. The molecular formula is C4H5NO2. The van der Waals surface area contributed by atoms with E-state index in [1.54, 1.807) is 0 Å². The fourth-order valence-corrected chi connectivity index (χ4v) is 0.353. The second kappa shape index (κ2) is 1.35. The molecule has 0 aromatic carbocycles. The molecule has 0 aromatic heterocycles. The van der Waals surface area contributed by atoms with E-state index < -0.39 is 6.23 Å². The van der Waals surface area contributed by atoms with Gasteiger partial charge in [0.1, 0.15) is 0 Å². The minimum absolute atomic E-state index is 0.167. The summed E-state index contributed by atoms with van der Waals surface area (Å²) in [5, 5.41) is 0. The van der Waals surface area contributed by atoms with Gasteiger partial charge < -0.3 is 4.74 Å². The lowest BCUT2D eigenvalue weighted by Crippen LogP contribution is -2.26. The van der Waals surface area contributed by atoms with E-state index in [2.05, 4.69) is 4.74 Å². The molecule has 0 saturated carbocycles. The average Bonchev–Trinajstić information content (AvgIpc) is 1.91. The zero-order chi connectivity index (χ0) is 5.28. The third kappa shape index (κ3) is 0.618. The number of hydrogen-bond acceptors (Lipinski definition) is 3. The summed E-state index contributed by atoms with van der Waals surface area (Å²) in [5.41, 5.74) is 5.04. The Bertz CT molecular complexity index is 119. The van der Waals surface area contributed by atoms with Gasteiger partial charge in [0.25, 0.3) is 0 Å². The summed E-state index contributed by atoms with van der Waals surface area (Å²) in [5.74, 6) is -0.167. The third-order valence-corrected chi connectivity index (χ3v) is 0.738. The van der Waals surface area contributed by atoms with Crippen molar-refractivity contribution in [2.75, 3.05) is 0 Å². The molecule has 0 fully saturated rings. The maximum Gasteiger partial charge on any atom is 0.214 e. The van der Waals surface area contributed by atoms with Gasteiger partial charge in [-0.1, -0.05) is 0 Å². The predicted octanol–water partition coefficient (Wildman–Crippen LogP) is -0.616. The van der Waals surface area contributed by atoms with E-state index in [1.807, 2.05) is 0 Å². The van der Waals surface area contributed by atoms with Gasteiger partial charge >= 0.3 is 0 Å². The van der Waals surface area contributed by atoms with Crippen LogP contribution in [0.15, 0.2) is 12.3 Å². The Hall–Kier alpha value is -0.830. The minimum atomic E-state index is -0.736. The second-order valence-electron chi connectivity index (χ2n) is 1.26. The highest BCUT2D eigenvalue weighted by molar-refractivity contribution is 5.94. The summed E-state index contributed by atoms with van der Waals surface area (Å²) >= 11 is 0. The number of ether oxygens (including phenoxy) is 1. The van der Waals surface area contributed by atoms with Crippen LogP contribution < -0.4 is 5.73 Å². The molecule has 3 heteroatoms. The zero-order valence-electron chi connectivity index (χ0n) is 3.63. The van der Waals surface area contributed by atoms with Crippen LogP contribution >= 0.6 is 0 Å². The van der Waals surface area contributed by atoms with Gasteiger partial charge in [-0.25, -0.2) is 0 Å². The lowest BCUT2D eigenvalue weighted by molar-refractivity contribution is -0.120. The molecule has 1 heterocycles. The zero-order valence-corrected chi connectivity index (χ0v) is 3.63. The van der Waals surface area contributed by atoms with E-state index in [1.165, 1.54) is 12.3 Å². The Morgan fingerprint density at radius 1 is 1.86 bits per heavy atom. The number of hydrogen-bond donors (Lipinski definition) is 1. The second-order valence-corrected chi connectivity index (χ2v) is 1.26. The summed E-state index contributed by atoms with van der Waals surface area (Å²) in [7, 11) is 0. The quantitative estimate of drug-likeness (QED) is 0.440. The highest BCUT2D eigenvalue weighted by Crippen LogP contribution is 1.96. The highest BCUT2D eigenvalue weighted by Gasteiger charge is 2.14. The fraction of sp³-hybridized carbons (Fsp3) is 0.250. The first kappa shape index (κ1) is 4.33. The third-order valence-electron chi connectivity index (χ3n) is 0.738. The molecule has 0 saturated heterocycles. The molecule has 0 spiro atoms. The summed E-state index contributed by atoms with van der Waals surface area (Å²) in [6, 6.07) is 0. The van der Waals surface area contributed by atoms with E-state index in [4.69, 9.17) is 5.73 Å². The number of rotatable bonds is 0. The van der Waals surface area contributed by atoms with Crippen LogP contribution in [-0.2, 0) is 9.53 Å². The van der Waals surface area contributed by atoms with E-state index in [0.717, 1.165) is 0 Å². The van der Waals surface area contributed by atoms with Crippen molar-refractivity contribution < 1.29 is 9.53 Å². The Labute approximate surface area is 40.8 Å². The first-order chi connectivity index (χ1) is 3.30. The lowest BCUT2D eigenvalue weighted by Gasteiger charge is -1.96. The van der Waals surface area contributed by atoms with Crippen molar-refractivity contribution >= 4 is 5.78 Å². The predicted molar refractivity (Wildman–Crippen MR) is 23.2 cm³/mol. The number of carbonyl (C=O) groups is 1. The Balaban J connectivity index is 2.62. The van der Waals surface area contributed by atoms with Crippen LogP contribution in [0, 0.1) is 0 Å².